The Morgan fingerprint density at radius 2 is 2.00 bits per heavy atom. The van der Waals surface area contributed by atoms with E-state index in [1.54, 1.807) is 15.9 Å². The minimum atomic E-state index is -0.0706. The van der Waals surface area contributed by atoms with Crippen LogP contribution in [0.4, 0.5) is 11.5 Å². The third-order valence-corrected chi connectivity index (χ3v) is 5.87. The van der Waals surface area contributed by atoms with Gasteiger partial charge in [0.15, 0.2) is 11.5 Å². The molecule has 0 saturated carbocycles. The number of hydrogen-bond acceptors (Lipinski definition) is 6. The number of para-hydroxylation sites is 1. The zero-order valence-corrected chi connectivity index (χ0v) is 16.5. The van der Waals surface area contributed by atoms with Crippen molar-refractivity contribution in [2.45, 2.75) is 12.8 Å². The average Bonchev–Trinajstić information content (AvgIpc) is 3.43. The molecular formula is C21H20N6OS. The summed E-state index contributed by atoms with van der Waals surface area (Å²) in [6, 6.07) is 15.5. The van der Waals surface area contributed by atoms with Crippen molar-refractivity contribution in [3.63, 3.8) is 0 Å². The van der Waals surface area contributed by atoms with E-state index < -0.39 is 0 Å². The predicted octanol–water partition coefficient (Wildman–Crippen LogP) is 3.71. The lowest BCUT2D eigenvalue weighted by atomic mass is 9.97. The second-order valence-corrected chi connectivity index (χ2v) is 7.92. The van der Waals surface area contributed by atoms with Crippen molar-refractivity contribution >= 4 is 34.4 Å². The largest absolute Gasteiger partial charge is 0.354 e. The van der Waals surface area contributed by atoms with E-state index in [0.29, 0.717) is 12.2 Å². The molecule has 1 aliphatic heterocycles. The van der Waals surface area contributed by atoms with E-state index in [1.165, 1.54) is 0 Å². The third-order valence-electron chi connectivity index (χ3n) is 5.19. The lowest BCUT2D eigenvalue weighted by Crippen LogP contribution is -2.41. The summed E-state index contributed by atoms with van der Waals surface area (Å²) in [7, 11) is 0. The van der Waals surface area contributed by atoms with E-state index in [0.717, 1.165) is 42.3 Å². The molecule has 29 heavy (non-hydrogen) atoms. The highest BCUT2D eigenvalue weighted by Crippen LogP contribution is 2.25. The van der Waals surface area contributed by atoms with Crippen LogP contribution in [0.25, 0.3) is 17.0 Å². The van der Waals surface area contributed by atoms with E-state index in [1.807, 2.05) is 59.3 Å². The van der Waals surface area contributed by atoms with Crippen LogP contribution in [-0.4, -0.2) is 38.8 Å². The number of fused-ring (bicyclic) bond motifs is 1. The standard InChI is InChI=1S/C21H20N6OS/c28-21(22-17-6-2-1-3-7-17)15-5-4-11-26(13-15)19-9-8-18-23-24-20(27(18)25-19)16-10-12-29-14-16/h1-3,6-10,12,14-15H,4-5,11,13H2,(H,22,28). The van der Waals surface area contributed by atoms with Gasteiger partial charge in [0.1, 0.15) is 5.82 Å². The van der Waals surface area contributed by atoms with Crippen LogP contribution in [0.5, 0.6) is 0 Å². The van der Waals surface area contributed by atoms with Crippen LogP contribution in [0.15, 0.2) is 59.3 Å². The molecule has 1 unspecified atom stereocenters. The van der Waals surface area contributed by atoms with Gasteiger partial charge in [0, 0.05) is 29.7 Å². The maximum Gasteiger partial charge on any atom is 0.229 e. The fourth-order valence-corrected chi connectivity index (χ4v) is 4.32. The number of hydrogen-bond donors (Lipinski definition) is 1. The number of anilines is 2. The van der Waals surface area contributed by atoms with E-state index in [9.17, 15) is 4.79 Å². The van der Waals surface area contributed by atoms with Gasteiger partial charge in [0.2, 0.25) is 5.91 Å². The van der Waals surface area contributed by atoms with E-state index >= 15 is 0 Å². The summed E-state index contributed by atoms with van der Waals surface area (Å²) in [6.45, 7) is 1.52. The first-order valence-corrected chi connectivity index (χ1v) is 10.6. The minimum Gasteiger partial charge on any atom is -0.354 e. The molecule has 1 saturated heterocycles. The minimum absolute atomic E-state index is 0.0604. The molecule has 146 valence electrons. The van der Waals surface area contributed by atoms with E-state index in [4.69, 9.17) is 5.10 Å². The van der Waals surface area contributed by atoms with Crippen molar-refractivity contribution in [2.75, 3.05) is 23.3 Å². The first-order valence-electron chi connectivity index (χ1n) is 9.64. The lowest BCUT2D eigenvalue weighted by Gasteiger charge is -2.32. The Morgan fingerprint density at radius 1 is 1.10 bits per heavy atom. The molecule has 4 aromatic rings. The van der Waals surface area contributed by atoms with E-state index in [2.05, 4.69) is 20.4 Å². The molecule has 7 nitrogen and oxygen atoms in total. The molecule has 1 amide bonds. The number of benzene rings is 1. The molecule has 4 heterocycles. The highest BCUT2D eigenvalue weighted by Gasteiger charge is 2.27. The molecule has 1 aromatic carbocycles. The van der Waals surface area contributed by atoms with Crippen LogP contribution in [0.1, 0.15) is 12.8 Å². The fraction of sp³-hybridized carbons (Fsp3) is 0.238. The number of carbonyl (C=O) groups is 1. The van der Waals surface area contributed by atoms with Gasteiger partial charge in [-0.15, -0.1) is 15.3 Å². The maximum absolute atomic E-state index is 12.7. The Labute approximate surface area is 172 Å². The van der Waals surface area contributed by atoms with Crippen LogP contribution in [-0.2, 0) is 4.79 Å². The van der Waals surface area contributed by atoms with Gasteiger partial charge in [-0.3, -0.25) is 4.79 Å². The van der Waals surface area contributed by atoms with Crippen LogP contribution in [0, 0.1) is 5.92 Å². The smallest absolute Gasteiger partial charge is 0.229 e. The summed E-state index contributed by atoms with van der Waals surface area (Å²) in [5.41, 5.74) is 2.55. The molecule has 1 aliphatic rings. The molecular weight excluding hydrogens is 384 g/mol. The highest BCUT2D eigenvalue weighted by atomic mass is 32.1. The number of thiophene rings is 1. The van der Waals surface area contributed by atoms with Gasteiger partial charge >= 0.3 is 0 Å². The summed E-state index contributed by atoms with van der Waals surface area (Å²) in [4.78, 5) is 14.9. The SMILES string of the molecule is O=C(Nc1ccccc1)C1CCCN(c2ccc3nnc(-c4ccsc4)n3n2)C1. The summed E-state index contributed by atoms with van der Waals surface area (Å²) in [5, 5.41) is 20.4. The number of carbonyl (C=O) groups excluding carboxylic acids is 1. The fourth-order valence-electron chi connectivity index (χ4n) is 3.68. The Bertz CT molecular complexity index is 1120. The van der Waals surface area contributed by atoms with Crippen LogP contribution >= 0.6 is 11.3 Å². The molecule has 0 spiro atoms. The second kappa shape index (κ2) is 7.63. The molecule has 1 N–H and O–H groups in total. The summed E-state index contributed by atoms with van der Waals surface area (Å²) < 4.78 is 1.78. The van der Waals surface area contributed by atoms with Crippen LogP contribution in [0.3, 0.4) is 0 Å². The van der Waals surface area contributed by atoms with E-state index in [-0.39, 0.29) is 11.8 Å². The predicted molar refractivity (Wildman–Crippen MR) is 114 cm³/mol. The second-order valence-electron chi connectivity index (χ2n) is 7.14. The number of piperidine rings is 1. The summed E-state index contributed by atoms with van der Waals surface area (Å²) in [5.74, 6) is 1.56. The normalized spacial score (nSPS) is 16.8. The lowest BCUT2D eigenvalue weighted by molar-refractivity contribution is -0.120. The molecule has 3 aromatic heterocycles. The van der Waals surface area contributed by atoms with Gasteiger partial charge < -0.3 is 10.2 Å². The molecule has 0 aliphatic carbocycles. The van der Waals surface area contributed by atoms with Gasteiger partial charge in [-0.25, -0.2) is 0 Å². The number of nitrogens with zero attached hydrogens (tertiary/aromatic N) is 5. The van der Waals surface area contributed by atoms with Crippen molar-refractivity contribution in [3.8, 4) is 11.4 Å². The zero-order chi connectivity index (χ0) is 19.6. The van der Waals surface area contributed by atoms with Crippen LogP contribution in [0.2, 0.25) is 0 Å². The maximum atomic E-state index is 12.7. The number of amides is 1. The Hall–Kier alpha value is -3.26. The molecule has 8 heteroatoms. The molecule has 1 fully saturated rings. The summed E-state index contributed by atoms with van der Waals surface area (Å²) in [6.07, 6.45) is 1.83. The third kappa shape index (κ3) is 3.58. The molecule has 5 rings (SSSR count). The highest BCUT2D eigenvalue weighted by molar-refractivity contribution is 7.08. The van der Waals surface area contributed by atoms with Gasteiger partial charge in [-0.2, -0.15) is 15.9 Å². The van der Waals surface area contributed by atoms with Crippen molar-refractivity contribution < 1.29 is 4.79 Å². The first kappa shape index (κ1) is 17.8. The quantitative estimate of drug-likeness (QED) is 0.561. The average molecular weight is 404 g/mol. The van der Waals surface area contributed by atoms with Crippen molar-refractivity contribution in [1.29, 1.82) is 0 Å². The number of nitrogens with one attached hydrogen (secondary N) is 1. The van der Waals surface area contributed by atoms with Crippen LogP contribution < -0.4 is 10.2 Å². The molecule has 0 bridgehead atoms. The van der Waals surface area contributed by atoms with Gasteiger partial charge in [0.25, 0.3) is 0 Å². The Balaban J connectivity index is 1.37. The Kier molecular flexibility index (Phi) is 4.69. The van der Waals surface area contributed by atoms with Crippen molar-refractivity contribution in [2.24, 2.45) is 5.92 Å². The molecule has 1 atom stereocenters. The topological polar surface area (TPSA) is 75.4 Å². The van der Waals surface area contributed by atoms with Crippen molar-refractivity contribution in [1.82, 2.24) is 19.8 Å². The van der Waals surface area contributed by atoms with Gasteiger partial charge in [-0.1, -0.05) is 18.2 Å². The monoisotopic (exact) mass is 404 g/mol. The van der Waals surface area contributed by atoms with Gasteiger partial charge in [-0.05, 0) is 48.6 Å². The van der Waals surface area contributed by atoms with Crippen molar-refractivity contribution in [3.05, 3.63) is 59.3 Å². The number of rotatable bonds is 4. The molecule has 0 radical (unpaired) electrons. The first-order chi connectivity index (χ1) is 14.3. The zero-order valence-electron chi connectivity index (χ0n) is 15.7. The van der Waals surface area contributed by atoms with Gasteiger partial charge in [0.05, 0.1) is 5.92 Å². The number of aromatic nitrogens is 4. The Morgan fingerprint density at radius 3 is 2.83 bits per heavy atom. The summed E-state index contributed by atoms with van der Waals surface area (Å²) >= 11 is 1.62.